The number of amides is 1. The van der Waals surface area contributed by atoms with E-state index in [1.54, 1.807) is 0 Å². The number of hydrogen-bond donors (Lipinski definition) is 1. The van der Waals surface area contributed by atoms with Crippen LogP contribution in [0.2, 0.25) is 0 Å². The molecule has 112 valence electrons. The number of carbonyl (C=O) groups is 1. The van der Waals surface area contributed by atoms with Gasteiger partial charge in [-0.3, -0.25) is 4.79 Å². The highest BCUT2D eigenvalue weighted by molar-refractivity contribution is 7.92. The van der Waals surface area contributed by atoms with Crippen LogP contribution in [0.4, 0.5) is 0 Å². The van der Waals surface area contributed by atoms with Gasteiger partial charge in [-0.05, 0) is 23.5 Å². The molecule has 1 aromatic carbocycles. The predicted octanol–water partition coefficient (Wildman–Crippen LogP) is 2.03. The highest BCUT2D eigenvalue weighted by Gasteiger charge is 2.27. The lowest BCUT2D eigenvalue weighted by molar-refractivity contribution is -0.119. The van der Waals surface area contributed by atoms with E-state index >= 15 is 0 Å². The molecular weight excluding hydrogens is 274 g/mol. The fourth-order valence-corrected chi connectivity index (χ4v) is 3.18. The molecular formula is C15H23NO3S. The highest BCUT2D eigenvalue weighted by Crippen LogP contribution is 2.23. The van der Waals surface area contributed by atoms with Crippen molar-refractivity contribution in [3.8, 4) is 0 Å². The van der Waals surface area contributed by atoms with Crippen LogP contribution in [-0.2, 0) is 25.8 Å². The third-order valence-corrected chi connectivity index (χ3v) is 5.37. The Balaban J connectivity index is 2.91. The maximum atomic E-state index is 12.1. The normalized spacial score (nSPS) is 13.8. The molecule has 0 bridgehead atoms. The molecule has 4 nitrogen and oxygen atoms in total. The Bertz CT molecular complexity index is 568. The summed E-state index contributed by atoms with van der Waals surface area (Å²) in [7, 11) is -2.05. The summed E-state index contributed by atoms with van der Waals surface area (Å²) in [5, 5.41) is 1.33. The summed E-state index contributed by atoms with van der Waals surface area (Å²) < 4.78 is 24.2. The molecule has 0 heterocycles. The molecule has 1 atom stereocenters. The van der Waals surface area contributed by atoms with Crippen LogP contribution in [0.5, 0.6) is 0 Å². The van der Waals surface area contributed by atoms with Crippen LogP contribution in [0, 0.1) is 0 Å². The molecule has 1 aromatic rings. The summed E-state index contributed by atoms with van der Waals surface area (Å²) in [6, 6.07) is 7.51. The summed E-state index contributed by atoms with van der Waals surface area (Å²) in [5.74, 6) is -0.595. The van der Waals surface area contributed by atoms with E-state index < -0.39 is 21.0 Å². The quantitative estimate of drug-likeness (QED) is 0.925. The highest BCUT2D eigenvalue weighted by atomic mass is 32.2. The van der Waals surface area contributed by atoms with Crippen LogP contribution in [0.15, 0.2) is 24.3 Å². The first-order valence-corrected chi connectivity index (χ1v) is 8.32. The second-order valence-electron chi connectivity index (χ2n) is 6.01. The molecule has 1 amide bonds. The lowest BCUT2D eigenvalue weighted by Gasteiger charge is -2.19. The lowest BCUT2D eigenvalue weighted by Crippen LogP contribution is -2.36. The number of rotatable bonds is 4. The van der Waals surface area contributed by atoms with Crippen molar-refractivity contribution in [2.75, 3.05) is 7.05 Å². The van der Waals surface area contributed by atoms with Gasteiger partial charge in [0.2, 0.25) is 5.91 Å². The van der Waals surface area contributed by atoms with E-state index in [2.05, 4.69) is 26.1 Å². The minimum Gasteiger partial charge on any atom is -0.358 e. The molecule has 0 unspecified atom stereocenters. The summed E-state index contributed by atoms with van der Waals surface area (Å²) >= 11 is 0. The smallest absolute Gasteiger partial charge is 0.237 e. The zero-order chi connectivity index (χ0) is 15.6. The number of benzene rings is 1. The van der Waals surface area contributed by atoms with Crippen molar-refractivity contribution in [1.82, 2.24) is 5.32 Å². The average Bonchev–Trinajstić information content (AvgIpc) is 2.36. The van der Waals surface area contributed by atoms with Crippen molar-refractivity contribution in [1.29, 1.82) is 0 Å². The standard InChI is InChI=1S/C15H23NO3S/c1-11(14(17)16-5)20(18,19)10-12-6-8-13(9-7-12)15(2,3)4/h6-9,11H,10H2,1-5H3,(H,16,17)/t11-/m1/s1. The van der Waals surface area contributed by atoms with E-state index in [-0.39, 0.29) is 11.2 Å². The van der Waals surface area contributed by atoms with Crippen molar-refractivity contribution >= 4 is 15.7 Å². The van der Waals surface area contributed by atoms with Crippen LogP contribution < -0.4 is 5.32 Å². The van der Waals surface area contributed by atoms with Crippen molar-refractivity contribution < 1.29 is 13.2 Å². The molecule has 0 aliphatic carbocycles. The van der Waals surface area contributed by atoms with E-state index in [4.69, 9.17) is 0 Å². The van der Waals surface area contributed by atoms with Gasteiger partial charge < -0.3 is 5.32 Å². The average molecular weight is 297 g/mol. The molecule has 1 N–H and O–H groups in total. The van der Waals surface area contributed by atoms with Crippen molar-refractivity contribution in [3.63, 3.8) is 0 Å². The van der Waals surface area contributed by atoms with Gasteiger partial charge >= 0.3 is 0 Å². The van der Waals surface area contributed by atoms with Gasteiger partial charge in [0.25, 0.3) is 0 Å². The Labute approximate surface area is 121 Å². The first-order valence-electron chi connectivity index (χ1n) is 6.60. The molecule has 0 aliphatic rings. The van der Waals surface area contributed by atoms with Gasteiger partial charge in [0.05, 0.1) is 5.75 Å². The van der Waals surface area contributed by atoms with Gasteiger partial charge in [-0.15, -0.1) is 0 Å². The summed E-state index contributed by atoms with van der Waals surface area (Å²) in [6.45, 7) is 7.73. The Morgan fingerprint density at radius 1 is 1.20 bits per heavy atom. The topological polar surface area (TPSA) is 63.2 Å². The molecule has 0 fully saturated rings. The molecule has 1 rings (SSSR count). The fraction of sp³-hybridized carbons (Fsp3) is 0.533. The largest absolute Gasteiger partial charge is 0.358 e. The van der Waals surface area contributed by atoms with Gasteiger partial charge in [0.1, 0.15) is 5.25 Å². The van der Waals surface area contributed by atoms with E-state index in [0.717, 1.165) is 5.56 Å². The van der Waals surface area contributed by atoms with Crippen LogP contribution in [0.25, 0.3) is 0 Å². The van der Waals surface area contributed by atoms with E-state index in [0.29, 0.717) is 5.56 Å². The molecule has 0 radical (unpaired) electrons. The monoisotopic (exact) mass is 297 g/mol. The Hall–Kier alpha value is -1.36. The molecule has 20 heavy (non-hydrogen) atoms. The van der Waals surface area contributed by atoms with Crippen LogP contribution in [0.1, 0.15) is 38.8 Å². The maximum absolute atomic E-state index is 12.1. The minimum absolute atomic E-state index is 0.0345. The van der Waals surface area contributed by atoms with Gasteiger partial charge in [-0.2, -0.15) is 0 Å². The zero-order valence-electron chi connectivity index (χ0n) is 12.7. The Morgan fingerprint density at radius 2 is 1.70 bits per heavy atom. The van der Waals surface area contributed by atoms with E-state index in [9.17, 15) is 13.2 Å². The predicted molar refractivity (Wildman–Crippen MR) is 81.3 cm³/mol. The fourth-order valence-electron chi connectivity index (χ4n) is 1.82. The summed E-state index contributed by atoms with van der Waals surface area (Å²) in [6.07, 6.45) is 0. The second-order valence-corrected chi connectivity index (χ2v) is 8.33. The van der Waals surface area contributed by atoms with Gasteiger partial charge in [-0.25, -0.2) is 8.42 Å². The Kier molecular flexibility index (Phi) is 4.97. The Morgan fingerprint density at radius 3 is 2.10 bits per heavy atom. The van der Waals surface area contributed by atoms with Gasteiger partial charge in [0.15, 0.2) is 9.84 Å². The number of nitrogens with one attached hydrogen (secondary N) is 1. The second kappa shape index (κ2) is 5.95. The number of hydrogen-bond acceptors (Lipinski definition) is 3. The van der Waals surface area contributed by atoms with Gasteiger partial charge in [-0.1, -0.05) is 45.0 Å². The van der Waals surface area contributed by atoms with E-state index in [1.165, 1.54) is 14.0 Å². The minimum atomic E-state index is -3.49. The lowest BCUT2D eigenvalue weighted by atomic mass is 9.87. The number of carbonyl (C=O) groups excluding carboxylic acids is 1. The molecule has 0 saturated heterocycles. The third-order valence-electron chi connectivity index (χ3n) is 3.34. The SMILES string of the molecule is CNC(=O)[C@@H](C)S(=O)(=O)Cc1ccc(C(C)(C)C)cc1. The molecule has 5 heteroatoms. The zero-order valence-corrected chi connectivity index (χ0v) is 13.5. The first kappa shape index (κ1) is 16.7. The van der Waals surface area contributed by atoms with Crippen LogP contribution in [0.3, 0.4) is 0 Å². The molecule has 0 aromatic heterocycles. The van der Waals surface area contributed by atoms with Crippen LogP contribution >= 0.6 is 0 Å². The molecule has 0 spiro atoms. The summed E-state index contributed by atoms with van der Waals surface area (Å²) in [4.78, 5) is 11.4. The third kappa shape index (κ3) is 4.07. The molecule has 0 aliphatic heterocycles. The van der Waals surface area contributed by atoms with Crippen LogP contribution in [-0.4, -0.2) is 26.6 Å². The maximum Gasteiger partial charge on any atom is 0.237 e. The molecule has 0 saturated carbocycles. The van der Waals surface area contributed by atoms with Gasteiger partial charge in [0, 0.05) is 7.05 Å². The van der Waals surface area contributed by atoms with E-state index in [1.807, 2.05) is 24.3 Å². The van der Waals surface area contributed by atoms with Crippen molar-refractivity contribution in [3.05, 3.63) is 35.4 Å². The summed E-state index contributed by atoms with van der Waals surface area (Å²) in [5.41, 5.74) is 1.89. The number of sulfone groups is 1. The van der Waals surface area contributed by atoms with Crippen molar-refractivity contribution in [2.45, 2.75) is 44.1 Å². The van der Waals surface area contributed by atoms with Crippen molar-refractivity contribution in [2.24, 2.45) is 0 Å². The first-order chi connectivity index (χ1) is 9.08.